The van der Waals surface area contributed by atoms with E-state index in [1.54, 1.807) is 18.2 Å². The molecule has 0 saturated heterocycles. The Bertz CT molecular complexity index is 947. The number of amides is 1. The van der Waals surface area contributed by atoms with E-state index in [-0.39, 0.29) is 16.8 Å². The molecule has 0 unspecified atom stereocenters. The molecule has 1 aliphatic carbocycles. The molecule has 6 nitrogen and oxygen atoms in total. The Morgan fingerprint density at radius 1 is 1.00 bits per heavy atom. The van der Waals surface area contributed by atoms with Crippen LogP contribution in [0, 0.1) is 6.92 Å². The predicted molar refractivity (Wildman–Crippen MR) is 114 cm³/mol. The van der Waals surface area contributed by atoms with Gasteiger partial charge in [0.25, 0.3) is 5.91 Å². The molecule has 2 aromatic rings. The first-order chi connectivity index (χ1) is 13.9. The number of carbonyl (C=O) groups is 1. The van der Waals surface area contributed by atoms with Crippen LogP contribution in [0.5, 0.6) is 5.75 Å². The number of aryl methyl sites for hydroxylation is 1. The Kier molecular flexibility index (Phi) is 6.92. The molecule has 0 bridgehead atoms. The number of ether oxygens (including phenoxy) is 1. The van der Waals surface area contributed by atoms with Gasteiger partial charge in [-0.15, -0.1) is 0 Å². The largest absolute Gasteiger partial charge is 0.495 e. The first kappa shape index (κ1) is 21.3. The van der Waals surface area contributed by atoms with E-state index >= 15 is 0 Å². The lowest BCUT2D eigenvalue weighted by Crippen LogP contribution is -2.34. The standard InChI is InChI=1S/C22H28N2O4S/c1-16-9-11-17(12-10-16)22(25)23-20-15-19(13-14-21(20)28-2)29(26,27)24-18-7-5-3-4-6-8-18/h9-15,18,24H,3-8H2,1-2H3,(H,23,25). The van der Waals surface area contributed by atoms with Crippen molar-refractivity contribution >= 4 is 21.6 Å². The van der Waals surface area contributed by atoms with Crippen molar-refractivity contribution in [3.63, 3.8) is 0 Å². The van der Waals surface area contributed by atoms with Gasteiger partial charge in [-0.1, -0.05) is 43.4 Å². The Labute approximate surface area is 172 Å². The number of anilines is 1. The second kappa shape index (κ2) is 9.41. The second-order valence-electron chi connectivity index (χ2n) is 7.49. The van der Waals surface area contributed by atoms with Gasteiger partial charge < -0.3 is 10.1 Å². The van der Waals surface area contributed by atoms with E-state index in [1.807, 2.05) is 19.1 Å². The van der Waals surface area contributed by atoms with Crippen molar-refractivity contribution in [2.45, 2.75) is 56.4 Å². The SMILES string of the molecule is COc1ccc(S(=O)(=O)NC2CCCCCC2)cc1NC(=O)c1ccc(C)cc1. The summed E-state index contributed by atoms with van der Waals surface area (Å²) in [6.45, 7) is 1.94. The van der Waals surface area contributed by atoms with E-state index in [4.69, 9.17) is 4.74 Å². The van der Waals surface area contributed by atoms with Crippen LogP contribution < -0.4 is 14.8 Å². The molecule has 1 saturated carbocycles. The molecular formula is C22H28N2O4S. The van der Waals surface area contributed by atoms with Crippen molar-refractivity contribution in [1.82, 2.24) is 4.72 Å². The first-order valence-corrected chi connectivity index (χ1v) is 11.5. The van der Waals surface area contributed by atoms with Crippen molar-refractivity contribution in [3.05, 3.63) is 53.6 Å². The van der Waals surface area contributed by atoms with Crippen LogP contribution in [0.1, 0.15) is 54.4 Å². The van der Waals surface area contributed by atoms with E-state index in [0.717, 1.165) is 44.1 Å². The fraction of sp³-hybridized carbons (Fsp3) is 0.409. The summed E-state index contributed by atoms with van der Waals surface area (Å²) in [4.78, 5) is 12.7. The third-order valence-corrected chi connectivity index (χ3v) is 6.74. The van der Waals surface area contributed by atoms with Crippen LogP contribution in [0.15, 0.2) is 47.4 Å². The van der Waals surface area contributed by atoms with Crippen molar-refractivity contribution in [1.29, 1.82) is 0 Å². The van der Waals surface area contributed by atoms with Gasteiger partial charge in [0.05, 0.1) is 17.7 Å². The Morgan fingerprint density at radius 2 is 1.66 bits per heavy atom. The molecule has 0 heterocycles. The summed E-state index contributed by atoms with van der Waals surface area (Å²) >= 11 is 0. The van der Waals surface area contributed by atoms with Gasteiger partial charge in [0.1, 0.15) is 5.75 Å². The van der Waals surface area contributed by atoms with E-state index in [9.17, 15) is 13.2 Å². The number of methoxy groups -OCH3 is 1. The van der Waals surface area contributed by atoms with Crippen molar-refractivity contribution < 1.29 is 17.9 Å². The van der Waals surface area contributed by atoms with Crippen LogP contribution in [0.4, 0.5) is 5.69 Å². The lowest BCUT2D eigenvalue weighted by Gasteiger charge is -2.17. The number of benzene rings is 2. The molecule has 0 aromatic heterocycles. The van der Waals surface area contributed by atoms with Crippen molar-refractivity contribution in [2.24, 2.45) is 0 Å². The van der Waals surface area contributed by atoms with Gasteiger partial charge in [-0.3, -0.25) is 4.79 Å². The monoisotopic (exact) mass is 416 g/mol. The molecule has 0 atom stereocenters. The molecule has 0 spiro atoms. The number of rotatable bonds is 6. The maximum atomic E-state index is 12.9. The molecule has 0 aliphatic heterocycles. The molecule has 156 valence electrons. The van der Waals surface area contributed by atoms with Gasteiger partial charge in [0.2, 0.25) is 10.0 Å². The lowest BCUT2D eigenvalue weighted by atomic mass is 10.1. The van der Waals surface area contributed by atoms with Crippen molar-refractivity contribution in [3.8, 4) is 5.75 Å². The maximum absolute atomic E-state index is 12.9. The molecule has 2 N–H and O–H groups in total. The van der Waals surface area contributed by atoms with Crippen LogP contribution >= 0.6 is 0 Å². The molecule has 2 aromatic carbocycles. The Hall–Kier alpha value is -2.38. The fourth-order valence-corrected chi connectivity index (χ4v) is 4.87. The van der Waals surface area contributed by atoms with Crippen LogP contribution in [-0.4, -0.2) is 27.5 Å². The average molecular weight is 417 g/mol. The van der Waals surface area contributed by atoms with E-state index in [2.05, 4.69) is 10.0 Å². The normalized spacial score (nSPS) is 15.5. The summed E-state index contributed by atoms with van der Waals surface area (Å²) in [7, 11) is -2.21. The molecule has 3 rings (SSSR count). The minimum atomic E-state index is -3.69. The molecule has 29 heavy (non-hydrogen) atoms. The third kappa shape index (κ3) is 5.58. The summed E-state index contributed by atoms with van der Waals surface area (Å²) in [5.74, 6) is 0.0773. The van der Waals surface area contributed by atoms with E-state index < -0.39 is 10.0 Å². The summed E-state index contributed by atoms with van der Waals surface area (Å²) < 4.78 is 33.9. The number of hydrogen-bond donors (Lipinski definition) is 2. The average Bonchev–Trinajstić information content (AvgIpc) is 2.96. The maximum Gasteiger partial charge on any atom is 0.255 e. The first-order valence-electron chi connectivity index (χ1n) is 9.97. The summed E-state index contributed by atoms with van der Waals surface area (Å²) in [6.07, 6.45) is 6.08. The van der Waals surface area contributed by atoms with Gasteiger partial charge >= 0.3 is 0 Å². The number of sulfonamides is 1. The highest BCUT2D eigenvalue weighted by Crippen LogP contribution is 2.29. The molecular weight excluding hydrogens is 388 g/mol. The van der Waals surface area contributed by atoms with Gasteiger partial charge in [0.15, 0.2) is 0 Å². The molecule has 0 radical (unpaired) electrons. The molecule has 1 aliphatic rings. The smallest absolute Gasteiger partial charge is 0.255 e. The van der Waals surface area contributed by atoms with Crippen LogP contribution in [0.25, 0.3) is 0 Å². The summed E-state index contributed by atoms with van der Waals surface area (Å²) in [5.41, 5.74) is 1.86. The highest BCUT2D eigenvalue weighted by Gasteiger charge is 2.22. The number of hydrogen-bond acceptors (Lipinski definition) is 4. The fourth-order valence-electron chi connectivity index (χ4n) is 3.54. The summed E-state index contributed by atoms with van der Waals surface area (Å²) in [6, 6.07) is 11.6. The van der Waals surface area contributed by atoms with Crippen LogP contribution in [0.3, 0.4) is 0 Å². The Balaban J connectivity index is 1.82. The van der Waals surface area contributed by atoms with Gasteiger partial charge in [-0.05, 0) is 50.1 Å². The topological polar surface area (TPSA) is 84.5 Å². The Morgan fingerprint density at radius 3 is 2.28 bits per heavy atom. The van der Waals surface area contributed by atoms with Gasteiger partial charge in [-0.25, -0.2) is 13.1 Å². The van der Waals surface area contributed by atoms with Gasteiger partial charge in [-0.2, -0.15) is 0 Å². The molecule has 1 fully saturated rings. The summed E-state index contributed by atoms with van der Waals surface area (Å²) in [5, 5.41) is 2.77. The lowest BCUT2D eigenvalue weighted by molar-refractivity contribution is 0.102. The van der Waals surface area contributed by atoms with Gasteiger partial charge in [0, 0.05) is 11.6 Å². The molecule has 1 amide bonds. The predicted octanol–water partition coefficient (Wildman–Crippen LogP) is 4.26. The van der Waals surface area contributed by atoms with Crippen LogP contribution in [0.2, 0.25) is 0 Å². The minimum absolute atomic E-state index is 0.0461. The molecule has 7 heteroatoms. The highest BCUT2D eigenvalue weighted by atomic mass is 32.2. The van der Waals surface area contributed by atoms with Crippen molar-refractivity contribution in [2.75, 3.05) is 12.4 Å². The number of carbonyl (C=O) groups excluding carboxylic acids is 1. The second-order valence-corrected chi connectivity index (χ2v) is 9.21. The number of nitrogens with one attached hydrogen (secondary N) is 2. The zero-order valence-corrected chi connectivity index (χ0v) is 17.7. The minimum Gasteiger partial charge on any atom is -0.495 e. The third-order valence-electron chi connectivity index (χ3n) is 5.22. The van der Waals surface area contributed by atoms with E-state index in [1.165, 1.54) is 19.2 Å². The van der Waals surface area contributed by atoms with Crippen LogP contribution in [-0.2, 0) is 10.0 Å². The zero-order valence-electron chi connectivity index (χ0n) is 16.9. The quantitative estimate of drug-likeness (QED) is 0.689. The highest BCUT2D eigenvalue weighted by molar-refractivity contribution is 7.89. The zero-order chi connectivity index (χ0) is 20.9. The van der Waals surface area contributed by atoms with E-state index in [0.29, 0.717) is 17.0 Å².